The molecule has 1 N–H and O–H groups in total. The first-order chi connectivity index (χ1) is 9.84. The average molecular weight is 288 g/mol. The number of fused-ring (bicyclic) bond motifs is 1. The molecule has 20 heavy (non-hydrogen) atoms. The van der Waals surface area contributed by atoms with E-state index < -0.39 is 0 Å². The highest BCUT2D eigenvalue weighted by Gasteiger charge is 2.20. The molecular weight excluding hydrogens is 264 g/mol. The van der Waals surface area contributed by atoms with Crippen LogP contribution in [0.5, 0.6) is 0 Å². The Hall–Kier alpha value is -0.930. The number of thioether (sulfide) groups is 1. The lowest BCUT2D eigenvalue weighted by atomic mass is 10.1. The number of aryl methyl sites for hydroxylation is 1. The van der Waals surface area contributed by atoms with Gasteiger partial charge in [-0.1, -0.05) is 25.1 Å². The standard InChI is InChI=1S/C17H24N2S/c1-14-16(7-4-13-20-14)18-10-5-11-19-12-9-15-6-2-3-8-17(15)19/h2-3,6,8-9,12,14,16,18H,4-5,7,10-11,13H2,1H3. The summed E-state index contributed by atoms with van der Waals surface area (Å²) in [4.78, 5) is 0. The third-order valence-electron chi connectivity index (χ3n) is 4.27. The first-order valence-electron chi connectivity index (χ1n) is 7.73. The minimum absolute atomic E-state index is 0.718. The molecule has 2 heterocycles. The first-order valence-corrected chi connectivity index (χ1v) is 8.78. The minimum Gasteiger partial charge on any atom is -0.347 e. The van der Waals surface area contributed by atoms with Crippen molar-refractivity contribution in [1.82, 2.24) is 9.88 Å². The number of para-hydroxylation sites is 1. The van der Waals surface area contributed by atoms with Gasteiger partial charge in [-0.15, -0.1) is 0 Å². The smallest absolute Gasteiger partial charge is 0.0480 e. The number of hydrogen-bond donors (Lipinski definition) is 1. The number of nitrogens with zero attached hydrogens (tertiary/aromatic N) is 1. The van der Waals surface area contributed by atoms with Crippen molar-refractivity contribution in [3.8, 4) is 0 Å². The van der Waals surface area contributed by atoms with Gasteiger partial charge in [-0.05, 0) is 49.1 Å². The molecule has 2 aromatic rings. The fourth-order valence-corrected chi connectivity index (χ4v) is 4.23. The average Bonchev–Trinajstić information content (AvgIpc) is 2.89. The van der Waals surface area contributed by atoms with Crippen LogP contribution in [0.4, 0.5) is 0 Å². The normalized spacial score (nSPS) is 23.2. The SMILES string of the molecule is CC1SCCCC1NCCCn1ccc2ccccc21. The Morgan fingerprint density at radius 2 is 2.20 bits per heavy atom. The highest BCUT2D eigenvalue weighted by atomic mass is 32.2. The second kappa shape index (κ2) is 6.68. The molecular formula is C17H24N2S. The topological polar surface area (TPSA) is 17.0 Å². The largest absolute Gasteiger partial charge is 0.347 e. The zero-order chi connectivity index (χ0) is 13.8. The zero-order valence-corrected chi connectivity index (χ0v) is 13.0. The summed E-state index contributed by atoms with van der Waals surface area (Å²) in [7, 11) is 0. The van der Waals surface area contributed by atoms with Crippen LogP contribution in [0.1, 0.15) is 26.2 Å². The van der Waals surface area contributed by atoms with Gasteiger partial charge >= 0.3 is 0 Å². The van der Waals surface area contributed by atoms with Crippen molar-refractivity contribution in [3.63, 3.8) is 0 Å². The Balaban J connectivity index is 1.48. The maximum Gasteiger partial charge on any atom is 0.0480 e. The molecule has 0 aliphatic carbocycles. The van der Waals surface area contributed by atoms with E-state index in [1.165, 1.54) is 35.9 Å². The number of rotatable bonds is 5. The van der Waals surface area contributed by atoms with Crippen molar-refractivity contribution in [2.75, 3.05) is 12.3 Å². The van der Waals surface area contributed by atoms with Crippen LogP contribution in [0.2, 0.25) is 0 Å². The highest BCUT2D eigenvalue weighted by Crippen LogP contribution is 2.25. The molecule has 3 heteroatoms. The summed E-state index contributed by atoms with van der Waals surface area (Å²) in [6, 6.07) is 11.6. The molecule has 2 unspecified atom stereocenters. The van der Waals surface area contributed by atoms with E-state index in [-0.39, 0.29) is 0 Å². The van der Waals surface area contributed by atoms with Crippen molar-refractivity contribution in [1.29, 1.82) is 0 Å². The first kappa shape index (κ1) is 14.0. The lowest BCUT2D eigenvalue weighted by molar-refractivity contribution is 0.450. The highest BCUT2D eigenvalue weighted by molar-refractivity contribution is 7.99. The van der Waals surface area contributed by atoms with Gasteiger partial charge in [0.05, 0.1) is 0 Å². The molecule has 2 nitrogen and oxygen atoms in total. The molecule has 1 fully saturated rings. The Morgan fingerprint density at radius 3 is 3.10 bits per heavy atom. The summed E-state index contributed by atoms with van der Waals surface area (Å²) in [5, 5.41) is 5.87. The molecule has 0 amide bonds. The van der Waals surface area contributed by atoms with E-state index in [1.54, 1.807) is 0 Å². The van der Waals surface area contributed by atoms with E-state index in [2.05, 4.69) is 65.1 Å². The molecule has 2 atom stereocenters. The molecule has 0 bridgehead atoms. The van der Waals surface area contributed by atoms with Crippen molar-refractivity contribution >= 4 is 22.7 Å². The number of aromatic nitrogens is 1. The minimum atomic E-state index is 0.718. The molecule has 0 saturated carbocycles. The van der Waals surface area contributed by atoms with Crippen LogP contribution in [0, 0.1) is 0 Å². The molecule has 0 radical (unpaired) electrons. The third-order valence-corrected chi connectivity index (χ3v) is 5.65. The van der Waals surface area contributed by atoms with Crippen LogP contribution in [0.25, 0.3) is 10.9 Å². The van der Waals surface area contributed by atoms with Crippen molar-refractivity contribution in [2.45, 2.75) is 44.0 Å². The predicted molar refractivity (Wildman–Crippen MR) is 89.5 cm³/mol. The summed E-state index contributed by atoms with van der Waals surface area (Å²) in [5.41, 5.74) is 1.36. The lowest BCUT2D eigenvalue weighted by Crippen LogP contribution is -2.39. The van der Waals surface area contributed by atoms with Crippen LogP contribution in [0.3, 0.4) is 0 Å². The van der Waals surface area contributed by atoms with E-state index in [4.69, 9.17) is 0 Å². The molecule has 108 valence electrons. The van der Waals surface area contributed by atoms with Crippen molar-refractivity contribution < 1.29 is 0 Å². The number of benzene rings is 1. The number of hydrogen-bond acceptors (Lipinski definition) is 2. The van der Waals surface area contributed by atoms with Crippen LogP contribution in [-0.2, 0) is 6.54 Å². The molecule has 3 rings (SSSR count). The summed E-state index contributed by atoms with van der Waals surface area (Å²) in [6.07, 6.45) is 6.13. The quantitative estimate of drug-likeness (QED) is 0.840. The Labute approximate surface area is 125 Å². The monoisotopic (exact) mass is 288 g/mol. The maximum absolute atomic E-state index is 3.75. The molecule has 1 saturated heterocycles. The fraction of sp³-hybridized carbons (Fsp3) is 0.529. The van der Waals surface area contributed by atoms with E-state index in [9.17, 15) is 0 Å². The number of nitrogens with one attached hydrogen (secondary N) is 1. The predicted octanol–water partition coefficient (Wildman–Crippen LogP) is 3.91. The van der Waals surface area contributed by atoms with Crippen LogP contribution in [-0.4, -0.2) is 28.2 Å². The molecule has 0 spiro atoms. The molecule has 1 aliphatic rings. The van der Waals surface area contributed by atoms with Gasteiger partial charge in [-0.2, -0.15) is 11.8 Å². The Bertz CT molecular complexity index is 549. The summed E-state index contributed by atoms with van der Waals surface area (Å²) in [5.74, 6) is 1.34. The molecule has 1 aromatic heterocycles. The van der Waals surface area contributed by atoms with Gasteiger partial charge in [0.2, 0.25) is 0 Å². The summed E-state index contributed by atoms with van der Waals surface area (Å²) < 4.78 is 2.37. The van der Waals surface area contributed by atoms with Crippen LogP contribution in [0.15, 0.2) is 36.5 Å². The molecule has 1 aliphatic heterocycles. The van der Waals surface area contributed by atoms with Gasteiger partial charge in [0.25, 0.3) is 0 Å². The van der Waals surface area contributed by atoms with Gasteiger partial charge in [0, 0.05) is 29.6 Å². The lowest BCUT2D eigenvalue weighted by Gasteiger charge is -2.29. The maximum atomic E-state index is 3.75. The second-order valence-electron chi connectivity index (χ2n) is 5.70. The van der Waals surface area contributed by atoms with E-state index in [1.807, 2.05) is 0 Å². The zero-order valence-electron chi connectivity index (χ0n) is 12.2. The second-order valence-corrected chi connectivity index (χ2v) is 7.19. The van der Waals surface area contributed by atoms with Gasteiger partial charge in [-0.3, -0.25) is 0 Å². The third kappa shape index (κ3) is 3.21. The Morgan fingerprint density at radius 1 is 1.30 bits per heavy atom. The van der Waals surface area contributed by atoms with E-state index >= 15 is 0 Å². The van der Waals surface area contributed by atoms with Crippen molar-refractivity contribution in [2.24, 2.45) is 0 Å². The fourth-order valence-electron chi connectivity index (χ4n) is 3.06. The van der Waals surface area contributed by atoms with Crippen LogP contribution < -0.4 is 5.32 Å². The summed E-state index contributed by atoms with van der Waals surface area (Å²) >= 11 is 2.12. The Kier molecular flexibility index (Phi) is 4.69. The van der Waals surface area contributed by atoms with E-state index in [0.29, 0.717) is 0 Å². The van der Waals surface area contributed by atoms with Gasteiger partial charge in [0.15, 0.2) is 0 Å². The van der Waals surface area contributed by atoms with E-state index in [0.717, 1.165) is 24.4 Å². The van der Waals surface area contributed by atoms with Gasteiger partial charge in [-0.25, -0.2) is 0 Å². The van der Waals surface area contributed by atoms with Crippen molar-refractivity contribution in [3.05, 3.63) is 36.5 Å². The van der Waals surface area contributed by atoms with Gasteiger partial charge in [0.1, 0.15) is 0 Å². The van der Waals surface area contributed by atoms with Gasteiger partial charge < -0.3 is 9.88 Å². The summed E-state index contributed by atoms with van der Waals surface area (Å²) in [6.45, 7) is 4.60. The van der Waals surface area contributed by atoms with Crippen LogP contribution >= 0.6 is 11.8 Å². The molecule has 1 aromatic carbocycles.